The fourth-order valence-electron chi connectivity index (χ4n) is 4.16. The molecule has 0 aromatic carbocycles. The molecule has 0 spiro atoms. The van der Waals surface area contributed by atoms with Gasteiger partial charge in [0.1, 0.15) is 0 Å². The summed E-state index contributed by atoms with van der Waals surface area (Å²) in [5.74, 6) is -62.8. The van der Waals surface area contributed by atoms with Gasteiger partial charge in [-0.3, -0.25) is 0 Å². The van der Waals surface area contributed by atoms with Gasteiger partial charge in [0.05, 0.1) is 0 Å². The van der Waals surface area contributed by atoms with Crippen molar-refractivity contribution in [3.63, 3.8) is 0 Å². The van der Waals surface area contributed by atoms with Crippen LogP contribution in [0, 0.1) is 0 Å². The van der Waals surface area contributed by atoms with Gasteiger partial charge in [-0.2, -0.15) is 0 Å². The van der Waals surface area contributed by atoms with Crippen molar-refractivity contribution in [2.24, 2.45) is 0 Å². The van der Waals surface area contributed by atoms with E-state index in [9.17, 15) is 119 Å². The van der Waals surface area contributed by atoms with Gasteiger partial charge in [-0.05, 0) is 0 Å². The summed E-state index contributed by atoms with van der Waals surface area (Å²) < 4.78 is 352. The predicted molar refractivity (Wildman–Crippen MR) is 122 cm³/mol. The van der Waals surface area contributed by atoms with Crippen molar-refractivity contribution in [3.05, 3.63) is 12.2 Å². The monoisotopic (exact) mass is 941 g/mol. The number of hydrogen-bond donors (Lipinski definition) is 0. The normalized spacial score (nSPS) is 16.1. The molecule has 0 aliphatic rings. The van der Waals surface area contributed by atoms with Crippen LogP contribution in [-0.4, -0.2) is 94.4 Å². The van der Waals surface area contributed by atoms with E-state index in [1.807, 2.05) is 0 Å². The Morgan fingerprint density at radius 1 is 0.327 bits per heavy atom. The first-order valence-electron chi connectivity index (χ1n) is 13.3. The maximum atomic E-state index is 14.0. The van der Waals surface area contributed by atoms with Crippen LogP contribution in [0.15, 0.2) is 12.2 Å². The third-order valence-corrected chi connectivity index (χ3v) is 9.90. The van der Waals surface area contributed by atoms with Crippen LogP contribution in [0.1, 0.15) is 57.8 Å². The van der Waals surface area contributed by atoms with Gasteiger partial charge >= 0.3 is 286 Å². The van der Waals surface area contributed by atoms with E-state index in [2.05, 4.69) is 6.58 Å². The van der Waals surface area contributed by atoms with Crippen molar-refractivity contribution in [2.75, 3.05) is 0 Å². The minimum atomic E-state index is -7.42. The van der Waals surface area contributed by atoms with Gasteiger partial charge in [-0.1, -0.05) is 0 Å². The van der Waals surface area contributed by atoms with Gasteiger partial charge in [0.15, 0.2) is 0 Å². The van der Waals surface area contributed by atoms with Crippen molar-refractivity contribution >= 4 is 22.5 Å². The molecule has 52 heavy (non-hydrogen) atoms. The Morgan fingerprint density at radius 2 is 0.538 bits per heavy atom. The van der Waals surface area contributed by atoms with E-state index in [0.717, 1.165) is 0 Å². The van der Waals surface area contributed by atoms with E-state index in [4.69, 9.17) is 0 Å². The van der Waals surface area contributed by atoms with E-state index in [1.54, 1.807) is 0 Å². The standard InChI is InChI=1S/C24H20F27.Sn/c1-11(5-2-8-13(25,26)16(31,32)19(37,38)22(43,44)45)12(6-3-9-14(27,28)17(33,34)20(39,40)23(46,47)48)7-4-10-15(29,30)18(35,36)21(41,42)24(49,50)51;/h1-10H2;. The number of halogens is 27. The quantitative estimate of drug-likeness (QED) is 0.0688. The number of allylic oxidation sites excluding steroid dienone is 1. The molecule has 0 saturated heterocycles. The summed E-state index contributed by atoms with van der Waals surface area (Å²) in [5, 5.41) is 0. The Balaban J connectivity index is 6.41. The second kappa shape index (κ2) is 15.0. The third-order valence-electron chi connectivity index (χ3n) is 7.46. The minimum absolute atomic E-state index is 0.443. The Labute approximate surface area is 286 Å². The third kappa shape index (κ3) is 9.36. The van der Waals surface area contributed by atoms with E-state index >= 15 is 0 Å². The van der Waals surface area contributed by atoms with Crippen LogP contribution < -0.4 is 0 Å². The summed E-state index contributed by atoms with van der Waals surface area (Å²) in [7, 11) is 0. The Hall–Kier alpha value is -1.35. The Morgan fingerprint density at radius 3 is 0.750 bits per heavy atom. The first-order chi connectivity index (χ1) is 22.3. The van der Waals surface area contributed by atoms with E-state index < -0.39 is 161 Å². The fraction of sp³-hybridized carbons (Fsp3) is 0.917. The van der Waals surface area contributed by atoms with Gasteiger partial charge in [0.2, 0.25) is 0 Å². The first-order valence-corrected chi connectivity index (χ1v) is 14.8. The zero-order chi connectivity index (χ0) is 42.4. The molecule has 0 rings (SSSR count). The van der Waals surface area contributed by atoms with Crippen LogP contribution in [0.2, 0.25) is 3.43 Å². The van der Waals surface area contributed by atoms with Gasteiger partial charge < -0.3 is 0 Å². The van der Waals surface area contributed by atoms with E-state index in [-0.39, 0.29) is 0 Å². The molecule has 0 aliphatic heterocycles. The van der Waals surface area contributed by atoms with Gasteiger partial charge in [-0.15, -0.1) is 0 Å². The molecule has 3 radical (unpaired) electrons. The molecule has 0 amide bonds. The molecule has 0 saturated carbocycles. The average molecular weight is 940 g/mol. The molecule has 0 aromatic heterocycles. The molecule has 0 atom stereocenters. The summed E-state index contributed by atoms with van der Waals surface area (Å²) in [5.41, 5.74) is -0.959. The van der Waals surface area contributed by atoms with Crippen LogP contribution in [0.5, 0.6) is 0 Å². The Bertz CT molecular complexity index is 1150. The van der Waals surface area contributed by atoms with Crippen LogP contribution in [0.3, 0.4) is 0 Å². The second-order valence-corrected chi connectivity index (χ2v) is 14.0. The SMILES string of the molecule is C=C(CCCC(F)(F)C(F)(F)C(F)(F)C(F)(F)F)[C]([Sn])(CCCC(F)(F)C(F)(F)C(F)(F)C(F)(F)F)CCCC(F)(F)C(F)(F)C(F)(F)C(F)(F)F. The molecular weight excluding hydrogens is 920 g/mol. The molecule has 0 fully saturated rings. The predicted octanol–water partition coefficient (Wildman–Crippen LogP) is 12.8. The maximum absolute atomic E-state index is 14.0. The fourth-order valence-corrected chi connectivity index (χ4v) is 5.53. The van der Waals surface area contributed by atoms with Crippen LogP contribution in [-0.2, 0) is 0 Å². The number of alkyl halides is 27. The van der Waals surface area contributed by atoms with Gasteiger partial charge in [0, 0.05) is 0 Å². The van der Waals surface area contributed by atoms with Crippen molar-refractivity contribution in [1.82, 2.24) is 0 Å². The van der Waals surface area contributed by atoms with Crippen molar-refractivity contribution in [1.29, 1.82) is 0 Å². The van der Waals surface area contributed by atoms with Gasteiger partial charge in [-0.25, -0.2) is 0 Å². The zero-order valence-electron chi connectivity index (χ0n) is 24.8. The summed E-state index contributed by atoms with van der Waals surface area (Å²) in [4.78, 5) is 0. The van der Waals surface area contributed by atoms with E-state index in [1.165, 1.54) is 0 Å². The molecule has 309 valence electrons. The summed E-state index contributed by atoms with van der Waals surface area (Å²) in [6.45, 7) is 3.02. The topological polar surface area (TPSA) is 0 Å². The van der Waals surface area contributed by atoms with Crippen LogP contribution in [0.4, 0.5) is 119 Å². The van der Waals surface area contributed by atoms with Crippen molar-refractivity contribution in [3.8, 4) is 0 Å². The molecule has 0 aliphatic carbocycles. The summed E-state index contributed by atoms with van der Waals surface area (Å²) in [6.07, 6.45) is -39.3. The molecule has 0 heterocycles. The molecule has 0 bridgehead atoms. The number of rotatable bonds is 19. The molecule has 0 nitrogen and oxygen atoms in total. The van der Waals surface area contributed by atoms with Crippen molar-refractivity contribution in [2.45, 2.75) is 133 Å². The van der Waals surface area contributed by atoms with Crippen LogP contribution in [0.25, 0.3) is 0 Å². The summed E-state index contributed by atoms with van der Waals surface area (Å²) >= 11 is -0.443. The molecule has 28 heteroatoms. The van der Waals surface area contributed by atoms with Crippen LogP contribution >= 0.6 is 0 Å². The molecule has 0 aromatic rings. The van der Waals surface area contributed by atoms with Crippen molar-refractivity contribution < 1.29 is 119 Å². The molecular formula is C24H20F27Sn. The zero-order valence-corrected chi connectivity index (χ0v) is 27.6. The van der Waals surface area contributed by atoms with E-state index in [0.29, 0.717) is 0 Å². The molecule has 0 unspecified atom stereocenters. The first kappa shape index (κ1) is 50.6. The molecule has 0 N–H and O–H groups in total. The van der Waals surface area contributed by atoms with Gasteiger partial charge in [0.25, 0.3) is 0 Å². The number of hydrogen-bond acceptors (Lipinski definition) is 0. The summed E-state index contributed by atoms with van der Waals surface area (Å²) in [6, 6.07) is 0. The second-order valence-electron chi connectivity index (χ2n) is 11.3. The average Bonchev–Trinajstić information content (AvgIpc) is 2.90. The Kier molecular flexibility index (Phi) is 14.6.